The fraction of sp³-hybridized carbons (Fsp3) is 0.318. The van der Waals surface area contributed by atoms with Crippen LogP contribution in [0.1, 0.15) is 41.4 Å². The summed E-state index contributed by atoms with van der Waals surface area (Å²) in [6.07, 6.45) is 7.65. The minimum atomic E-state index is -3.77. The second-order valence-corrected chi connectivity index (χ2v) is 9.04. The fourth-order valence-corrected chi connectivity index (χ4v) is 5.14. The van der Waals surface area contributed by atoms with Gasteiger partial charge < -0.3 is 9.30 Å². The molecule has 1 aliphatic rings. The minimum Gasteiger partial charge on any atom is -0.496 e. The van der Waals surface area contributed by atoms with Crippen LogP contribution in [-0.2, 0) is 29.9 Å². The number of para-hydroxylation sites is 1. The zero-order valence-electron chi connectivity index (χ0n) is 16.6. The van der Waals surface area contributed by atoms with Crippen molar-refractivity contribution in [3.63, 3.8) is 0 Å². The lowest BCUT2D eigenvalue weighted by Crippen LogP contribution is -2.31. The van der Waals surface area contributed by atoms with Crippen LogP contribution in [-0.4, -0.2) is 25.1 Å². The Bertz CT molecular complexity index is 1120. The van der Waals surface area contributed by atoms with Crippen LogP contribution in [0.2, 0.25) is 0 Å². The molecule has 0 aliphatic heterocycles. The second kappa shape index (κ2) is 8.00. The van der Waals surface area contributed by atoms with Crippen molar-refractivity contribution in [2.45, 2.75) is 36.6 Å². The molecule has 1 N–H and O–H groups in total. The number of ether oxygens (including phenoxy) is 1. The molecule has 0 fully saturated rings. The first-order valence-electron chi connectivity index (χ1n) is 9.74. The topological polar surface area (TPSA) is 73.2 Å². The van der Waals surface area contributed by atoms with Crippen molar-refractivity contribution in [1.82, 2.24) is 14.3 Å². The molecule has 0 saturated heterocycles. The molecule has 1 aliphatic carbocycles. The van der Waals surface area contributed by atoms with Crippen LogP contribution in [0.25, 0.3) is 0 Å². The molecule has 0 unspecified atom stereocenters. The normalized spacial score (nSPS) is 15.0. The lowest BCUT2D eigenvalue weighted by molar-refractivity contribution is 0.405. The Morgan fingerprint density at radius 2 is 1.86 bits per heavy atom. The number of rotatable bonds is 6. The molecule has 29 heavy (non-hydrogen) atoms. The van der Waals surface area contributed by atoms with Gasteiger partial charge in [-0.2, -0.15) is 4.72 Å². The molecule has 6 nitrogen and oxygen atoms in total. The maximum atomic E-state index is 13.3. The number of aromatic nitrogens is 2. The number of methoxy groups -OCH3 is 1. The number of imidazole rings is 1. The van der Waals surface area contributed by atoms with Crippen LogP contribution in [0.15, 0.2) is 59.8 Å². The Kier molecular flexibility index (Phi) is 5.43. The average molecular weight is 412 g/mol. The van der Waals surface area contributed by atoms with Crippen LogP contribution >= 0.6 is 0 Å². The molecule has 0 spiro atoms. The van der Waals surface area contributed by atoms with Crippen molar-refractivity contribution in [3.8, 4) is 5.75 Å². The van der Waals surface area contributed by atoms with Gasteiger partial charge in [-0.3, -0.25) is 0 Å². The first kappa shape index (κ1) is 19.7. The first-order valence-corrected chi connectivity index (χ1v) is 11.2. The summed E-state index contributed by atoms with van der Waals surface area (Å²) >= 11 is 0. The summed E-state index contributed by atoms with van der Waals surface area (Å²) < 4.78 is 36.8. The SMILES string of the molecule is COc1ccccc1[C@@H](NS(=O)(=O)c1ccc2c(c1)CCCC2)c1nccn1C. The monoisotopic (exact) mass is 411 g/mol. The van der Waals surface area contributed by atoms with Gasteiger partial charge in [0.1, 0.15) is 17.6 Å². The van der Waals surface area contributed by atoms with Crippen molar-refractivity contribution in [2.75, 3.05) is 7.11 Å². The molecule has 4 rings (SSSR count). The number of fused-ring (bicyclic) bond motifs is 1. The fourth-order valence-electron chi connectivity index (χ4n) is 3.92. The van der Waals surface area contributed by atoms with E-state index in [2.05, 4.69) is 9.71 Å². The smallest absolute Gasteiger partial charge is 0.241 e. The molecule has 0 saturated carbocycles. The Morgan fingerprint density at radius 3 is 2.59 bits per heavy atom. The molecule has 1 atom stereocenters. The molecule has 0 radical (unpaired) electrons. The Balaban J connectivity index is 1.75. The van der Waals surface area contributed by atoms with E-state index in [1.807, 2.05) is 48.0 Å². The molecule has 152 valence electrons. The van der Waals surface area contributed by atoms with Gasteiger partial charge in [-0.15, -0.1) is 0 Å². The third-order valence-corrected chi connectivity index (χ3v) is 6.89. The highest BCUT2D eigenvalue weighted by molar-refractivity contribution is 7.89. The van der Waals surface area contributed by atoms with Crippen LogP contribution in [0.5, 0.6) is 5.75 Å². The number of hydrogen-bond acceptors (Lipinski definition) is 4. The molecule has 7 heteroatoms. The molecule has 0 amide bonds. The highest BCUT2D eigenvalue weighted by Crippen LogP contribution is 2.31. The van der Waals surface area contributed by atoms with Gasteiger partial charge in [0.05, 0.1) is 12.0 Å². The van der Waals surface area contributed by atoms with E-state index in [-0.39, 0.29) is 4.90 Å². The van der Waals surface area contributed by atoms with Gasteiger partial charge in [-0.25, -0.2) is 13.4 Å². The van der Waals surface area contributed by atoms with Gasteiger partial charge in [0, 0.05) is 25.0 Å². The summed E-state index contributed by atoms with van der Waals surface area (Å²) in [6, 6.07) is 12.2. The first-order chi connectivity index (χ1) is 14.0. The summed E-state index contributed by atoms with van der Waals surface area (Å²) in [5, 5.41) is 0. The van der Waals surface area contributed by atoms with Crippen LogP contribution in [0.3, 0.4) is 0 Å². The maximum Gasteiger partial charge on any atom is 0.241 e. The molecular formula is C22H25N3O3S. The number of sulfonamides is 1. The summed E-state index contributed by atoms with van der Waals surface area (Å²) in [7, 11) is -0.347. The largest absolute Gasteiger partial charge is 0.496 e. The number of nitrogens with one attached hydrogen (secondary N) is 1. The predicted octanol–water partition coefficient (Wildman–Crippen LogP) is 3.38. The number of aryl methyl sites for hydroxylation is 3. The zero-order valence-corrected chi connectivity index (χ0v) is 17.4. The van der Waals surface area contributed by atoms with E-state index in [1.165, 1.54) is 5.56 Å². The molecule has 1 heterocycles. The molecular weight excluding hydrogens is 386 g/mol. The lowest BCUT2D eigenvalue weighted by Gasteiger charge is -2.22. The second-order valence-electron chi connectivity index (χ2n) is 7.33. The average Bonchev–Trinajstić information content (AvgIpc) is 3.17. The van der Waals surface area contributed by atoms with E-state index in [0.717, 1.165) is 31.2 Å². The highest BCUT2D eigenvalue weighted by atomic mass is 32.2. The Hall–Kier alpha value is -2.64. The van der Waals surface area contributed by atoms with Gasteiger partial charge in [0.25, 0.3) is 0 Å². The predicted molar refractivity (Wildman–Crippen MR) is 111 cm³/mol. The molecule has 0 bridgehead atoms. The van der Waals surface area contributed by atoms with Crippen LogP contribution in [0, 0.1) is 0 Å². The third kappa shape index (κ3) is 3.93. The van der Waals surface area contributed by atoms with Gasteiger partial charge in [-0.1, -0.05) is 24.3 Å². The van der Waals surface area contributed by atoms with E-state index in [1.54, 1.807) is 25.6 Å². The van der Waals surface area contributed by atoms with Gasteiger partial charge in [-0.05, 0) is 55.0 Å². The van der Waals surface area contributed by atoms with Crippen LogP contribution in [0.4, 0.5) is 0 Å². The van der Waals surface area contributed by atoms with Crippen molar-refractivity contribution in [1.29, 1.82) is 0 Å². The maximum absolute atomic E-state index is 13.3. The lowest BCUT2D eigenvalue weighted by atomic mass is 9.92. The standard InChI is InChI=1S/C22H25N3O3S/c1-25-14-13-23-22(25)21(19-9-5-6-10-20(19)28-2)24-29(26,27)18-12-11-16-7-3-4-8-17(16)15-18/h5-6,9-15,21,24H,3-4,7-8H2,1-2H3/t21-/m1/s1. The van der Waals surface area contributed by atoms with E-state index >= 15 is 0 Å². The summed E-state index contributed by atoms with van der Waals surface area (Å²) in [5.41, 5.74) is 3.09. The summed E-state index contributed by atoms with van der Waals surface area (Å²) in [6.45, 7) is 0. The number of nitrogens with zero attached hydrogens (tertiary/aromatic N) is 2. The molecule has 3 aromatic rings. The minimum absolute atomic E-state index is 0.284. The highest BCUT2D eigenvalue weighted by Gasteiger charge is 2.28. The van der Waals surface area contributed by atoms with Gasteiger partial charge in [0.2, 0.25) is 10.0 Å². The number of hydrogen-bond donors (Lipinski definition) is 1. The van der Waals surface area contributed by atoms with Gasteiger partial charge >= 0.3 is 0 Å². The van der Waals surface area contributed by atoms with Crippen LogP contribution < -0.4 is 9.46 Å². The van der Waals surface area contributed by atoms with E-state index in [4.69, 9.17) is 4.74 Å². The van der Waals surface area contributed by atoms with Gasteiger partial charge in [0.15, 0.2) is 0 Å². The van der Waals surface area contributed by atoms with E-state index in [0.29, 0.717) is 17.1 Å². The van der Waals surface area contributed by atoms with Crippen molar-refractivity contribution in [2.24, 2.45) is 7.05 Å². The quantitative estimate of drug-likeness (QED) is 0.675. The van der Waals surface area contributed by atoms with E-state index < -0.39 is 16.1 Å². The Labute approximate surface area is 171 Å². The van der Waals surface area contributed by atoms with Crippen molar-refractivity contribution in [3.05, 3.63) is 77.4 Å². The van der Waals surface area contributed by atoms with Crippen molar-refractivity contribution >= 4 is 10.0 Å². The number of benzene rings is 2. The molecule has 1 aromatic heterocycles. The van der Waals surface area contributed by atoms with Crippen molar-refractivity contribution < 1.29 is 13.2 Å². The summed E-state index contributed by atoms with van der Waals surface area (Å²) in [4.78, 5) is 4.68. The zero-order chi connectivity index (χ0) is 20.4. The third-order valence-electron chi connectivity index (χ3n) is 5.47. The Morgan fingerprint density at radius 1 is 1.10 bits per heavy atom. The van der Waals surface area contributed by atoms with E-state index in [9.17, 15) is 8.42 Å². The summed E-state index contributed by atoms with van der Waals surface area (Å²) in [5.74, 6) is 1.20. The molecule has 2 aromatic carbocycles.